The summed E-state index contributed by atoms with van der Waals surface area (Å²) in [6, 6.07) is 0. The summed E-state index contributed by atoms with van der Waals surface area (Å²) in [6.07, 6.45) is 0.372. The number of nitrogens with zero attached hydrogens (tertiary/aromatic N) is 1. The molecule has 0 aromatic carbocycles. The van der Waals surface area contributed by atoms with Crippen molar-refractivity contribution >= 4 is 0 Å². The summed E-state index contributed by atoms with van der Waals surface area (Å²) in [5.41, 5.74) is 5.12. The first-order valence-electron chi connectivity index (χ1n) is 4.15. The Bertz CT molecular complexity index is 160. The van der Waals surface area contributed by atoms with E-state index in [2.05, 4.69) is 0 Å². The molecule has 0 aromatic rings. The van der Waals surface area contributed by atoms with Crippen LogP contribution in [0.1, 0.15) is 19.3 Å². The summed E-state index contributed by atoms with van der Waals surface area (Å²) in [7, 11) is 3.83. The molecule has 1 aliphatic rings. The maximum absolute atomic E-state index is 12.5. The molecule has 0 heterocycles. The fourth-order valence-electron chi connectivity index (χ4n) is 1.60. The van der Waals surface area contributed by atoms with Crippen LogP contribution in [-0.2, 0) is 0 Å². The number of nitrogens with two attached hydrogens (primary N) is 1. The summed E-state index contributed by atoms with van der Waals surface area (Å²) in [6.45, 7) is 0.784. The average molecular weight is 178 g/mol. The van der Waals surface area contributed by atoms with Crippen molar-refractivity contribution in [3.63, 3.8) is 0 Å². The van der Waals surface area contributed by atoms with Gasteiger partial charge in [0.05, 0.1) is 0 Å². The van der Waals surface area contributed by atoms with E-state index < -0.39 is 11.5 Å². The quantitative estimate of drug-likeness (QED) is 0.700. The fourth-order valence-corrected chi connectivity index (χ4v) is 1.60. The zero-order valence-electron chi connectivity index (χ0n) is 7.61. The Morgan fingerprint density at radius 3 is 2.17 bits per heavy atom. The molecule has 2 nitrogen and oxygen atoms in total. The third kappa shape index (κ3) is 2.38. The molecule has 2 N–H and O–H groups in total. The second-order valence-electron chi connectivity index (χ2n) is 4.13. The van der Waals surface area contributed by atoms with Gasteiger partial charge in [0.1, 0.15) is 0 Å². The summed E-state index contributed by atoms with van der Waals surface area (Å²) < 4.78 is 24.9. The van der Waals surface area contributed by atoms with Crippen molar-refractivity contribution in [3.8, 4) is 0 Å². The summed E-state index contributed by atoms with van der Waals surface area (Å²) in [4.78, 5) is 1.96. The van der Waals surface area contributed by atoms with Gasteiger partial charge in [-0.1, -0.05) is 0 Å². The SMILES string of the molecule is CN(C)CCC1(N)CC(F)(F)C1. The van der Waals surface area contributed by atoms with Crippen molar-refractivity contribution in [2.75, 3.05) is 20.6 Å². The van der Waals surface area contributed by atoms with Crippen LogP contribution in [0.15, 0.2) is 0 Å². The largest absolute Gasteiger partial charge is 0.325 e. The Kier molecular flexibility index (Phi) is 2.40. The van der Waals surface area contributed by atoms with Gasteiger partial charge in [-0.15, -0.1) is 0 Å². The highest BCUT2D eigenvalue weighted by Crippen LogP contribution is 2.45. The lowest BCUT2D eigenvalue weighted by Gasteiger charge is -2.45. The van der Waals surface area contributed by atoms with E-state index >= 15 is 0 Å². The van der Waals surface area contributed by atoms with Crippen molar-refractivity contribution < 1.29 is 8.78 Å². The highest BCUT2D eigenvalue weighted by Gasteiger charge is 2.53. The van der Waals surface area contributed by atoms with Crippen LogP contribution < -0.4 is 5.73 Å². The Balaban J connectivity index is 2.26. The van der Waals surface area contributed by atoms with Gasteiger partial charge in [-0.25, -0.2) is 8.78 Å². The van der Waals surface area contributed by atoms with E-state index in [0.29, 0.717) is 6.42 Å². The molecule has 0 amide bonds. The minimum atomic E-state index is -2.50. The van der Waals surface area contributed by atoms with Gasteiger partial charge in [0.2, 0.25) is 0 Å². The summed E-state index contributed by atoms with van der Waals surface area (Å²) in [5, 5.41) is 0. The molecule has 0 saturated heterocycles. The fraction of sp³-hybridized carbons (Fsp3) is 1.00. The highest BCUT2D eigenvalue weighted by atomic mass is 19.3. The van der Waals surface area contributed by atoms with E-state index in [9.17, 15) is 8.78 Å². The van der Waals surface area contributed by atoms with Gasteiger partial charge in [-0.05, 0) is 27.1 Å². The van der Waals surface area contributed by atoms with Crippen molar-refractivity contribution in [1.29, 1.82) is 0 Å². The number of halogens is 2. The highest BCUT2D eigenvalue weighted by molar-refractivity contribution is 5.03. The number of alkyl halides is 2. The minimum Gasteiger partial charge on any atom is -0.325 e. The predicted molar refractivity (Wildman–Crippen MR) is 44.3 cm³/mol. The van der Waals surface area contributed by atoms with Gasteiger partial charge < -0.3 is 10.6 Å². The van der Waals surface area contributed by atoms with E-state index in [1.54, 1.807) is 0 Å². The van der Waals surface area contributed by atoms with Gasteiger partial charge in [0.25, 0.3) is 5.92 Å². The predicted octanol–water partition coefficient (Wildman–Crippen LogP) is 1.06. The molecule has 0 unspecified atom stereocenters. The Morgan fingerprint density at radius 2 is 1.83 bits per heavy atom. The van der Waals surface area contributed by atoms with Crippen molar-refractivity contribution in [3.05, 3.63) is 0 Å². The van der Waals surface area contributed by atoms with Crippen LogP contribution in [0.4, 0.5) is 8.78 Å². The van der Waals surface area contributed by atoms with Crippen LogP contribution in [0.25, 0.3) is 0 Å². The lowest BCUT2D eigenvalue weighted by atomic mass is 9.72. The first-order valence-corrected chi connectivity index (χ1v) is 4.15. The van der Waals surface area contributed by atoms with Crippen molar-refractivity contribution in [2.45, 2.75) is 30.7 Å². The van der Waals surface area contributed by atoms with Gasteiger partial charge in [0, 0.05) is 18.4 Å². The van der Waals surface area contributed by atoms with Crippen molar-refractivity contribution in [2.24, 2.45) is 5.73 Å². The van der Waals surface area contributed by atoms with Crippen LogP contribution in [0.3, 0.4) is 0 Å². The molecule has 0 radical (unpaired) electrons. The monoisotopic (exact) mass is 178 g/mol. The molecule has 12 heavy (non-hydrogen) atoms. The lowest BCUT2D eigenvalue weighted by molar-refractivity contribution is -0.125. The molecule has 4 heteroatoms. The molecule has 0 spiro atoms. The Morgan fingerprint density at radius 1 is 1.33 bits per heavy atom. The van der Waals surface area contributed by atoms with Crippen LogP contribution >= 0.6 is 0 Å². The standard InChI is InChI=1S/C8H16F2N2/c1-12(2)4-3-7(11)5-8(9,10)6-7/h3-6,11H2,1-2H3. The molecule has 0 atom stereocenters. The molecule has 1 aliphatic carbocycles. The van der Waals surface area contributed by atoms with Gasteiger partial charge in [-0.2, -0.15) is 0 Å². The number of rotatable bonds is 3. The van der Waals surface area contributed by atoms with E-state index in [4.69, 9.17) is 5.73 Å². The molecule has 1 fully saturated rings. The van der Waals surface area contributed by atoms with Crippen LogP contribution in [0.2, 0.25) is 0 Å². The number of hydrogen-bond donors (Lipinski definition) is 1. The smallest absolute Gasteiger partial charge is 0.251 e. The van der Waals surface area contributed by atoms with Gasteiger partial charge >= 0.3 is 0 Å². The second-order valence-corrected chi connectivity index (χ2v) is 4.13. The zero-order chi connectivity index (χ0) is 9.41. The van der Waals surface area contributed by atoms with E-state index in [1.165, 1.54) is 0 Å². The second kappa shape index (κ2) is 2.92. The Labute approximate surface area is 71.7 Å². The zero-order valence-corrected chi connectivity index (χ0v) is 7.61. The normalized spacial score (nSPS) is 25.5. The lowest BCUT2D eigenvalue weighted by Crippen LogP contribution is -2.59. The van der Waals surface area contributed by atoms with E-state index in [-0.39, 0.29) is 12.8 Å². The molecule has 0 aromatic heterocycles. The molecule has 0 aliphatic heterocycles. The van der Waals surface area contributed by atoms with Crippen LogP contribution in [0, 0.1) is 0 Å². The molecule has 1 saturated carbocycles. The average Bonchev–Trinajstić information content (AvgIpc) is 1.79. The van der Waals surface area contributed by atoms with Crippen LogP contribution in [0.5, 0.6) is 0 Å². The molecular weight excluding hydrogens is 162 g/mol. The van der Waals surface area contributed by atoms with E-state index in [0.717, 1.165) is 6.54 Å². The summed E-state index contributed by atoms with van der Waals surface area (Å²) >= 11 is 0. The minimum absolute atomic E-state index is 0.145. The topological polar surface area (TPSA) is 29.3 Å². The third-order valence-corrected chi connectivity index (χ3v) is 2.28. The molecular formula is C8H16F2N2. The van der Waals surface area contributed by atoms with Gasteiger partial charge in [-0.3, -0.25) is 0 Å². The Hall–Kier alpha value is -0.220. The first kappa shape index (κ1) is 9.86. The molecule has 1 rings (SSSR count). The first-order chi connectivity index (χ1) is 5.33. The maximum Gasteiger partial charge on any atom is 0.251 e. The molecule has 0 bridgehead atoms. The number of hydrogen-bond acceptors (Lipinski definition) is 2. The molecule has 72 valence electrons. The maximum atomic E-state index is 12.5. The van der Waals surface area contributed by atoms with Crippen LogP contribution in [-0.4, -0.2) is 37.0 Å². The third-order valence-electron chi connectivity index (χ3n) is 2.28. The summed E-state index contributed by atoms with van der Waals surface area (Å²) in [5.74, 6) is -2.50. The van der Waals surface area contributed by atoms with Gasteiger partial charge in [0.15, 0.2) is 0 Å². The van der Waals surface area contributed by atoms with E-state index in [1.807, 2.05) is 19.0 Å². The van der Waals surface area contributed by atoms with Crippen molar-refractivity contribution in [1.82, 2.24) is 4.90 Å².